The maximum absolute atomic E-state index is 13.6. The molecule has 0 saturated carbocycles. The van der Waals surface area contributed by atoms with Crippen molar-refractivity contribution in [3.63, 3.8) is 0 Å². The summed E-state index contributed by atoms with van der Waals surface area (Å²) >= 11 is 0. The Morgan fingerprint density at radius 3 is 1.91 bits per heavy atom. The van der Waals surface area contributed by atoms with Crippen LogP contribution in [0.5, 0.6) is 5.75 Å². The van der Waals surface area contributed by atoms with E-state index >= 15 is 0 Å². The highest BCUT2D eigenvalue weighted by atomic mass is 32.2. The van der Waals surface area contributed by atoms with Crippen LogP contribution in [0.2, 0.25) is 0 Å². The van der Waals surface area contributed by atoms with Gasteiger partial charge in [-0.2, -0.15) is 8.42 Å². The Bertz CT molecular complexity index is 1920. The fourth-order valence-electron chi connectivity index (χ4n) is 5.67. The molecule has 0 saturated heterocycles. The van der Waals surface area contributed by atoms with Gasteiger partial charge in [0.25, 0.3) is 0 Å². The lowest BCUT2D eigenvalue weighted by atomic mass is 9.91. The van der Waals surface area contributed by atoms with E-state index in [4.69, 9.17) is 19.4 Å². The number of benzene rings is 5. The minimum atomic E-state index is -4.16. The Hall–Kier alpha value is -5.25. The van der Waals surface area contributed by atoms with Crippen LogP contribution in [0.25, 0.3) is 11.1 Å². The lowest BCUT2D eigenvalue weighted by molar-refractivity contribution is -0.154. The summed E-state index contributed by atoms with van der Waals surface area (Å²) in [6.07, 6.45) is 0. The third-order valence-corrected chi connectivity index (χ3v) is 9.18. The molecule has 6 rings (SSSR count). The number of carbonyl (C=O) groups excluding carboxylic acids is 2. The average molecular weight is 634 g/mol. The van der Waals surface area contributed by atoms with Crippen molar-refractivity contribution in [2.75, 3.05) is 6.61 Å². The fraction of sp³-hybridized carbons (Fsp3) is 0.135. The summed E-state index contributed by atoms with van der Waals surface area (Å²) < 4.78 is 42.6. The van der Waals surface area contributed by atoms with Crippen LogP contribution >= 0.6 is 0 Å². The number of hydrogen-bond donors (Lipinski definition) is 1. The van der Waals surface area contributed by atoms with Crippen molar-refractivity contribution in [1.82, 2.24) is 0 Å². The molecule has 0 aromatic heterocycles. The Kier molecular flexibility index (Phi) is 8.96. The van der Waals surface area contributed by atoms with E-state index in [1.165, 1.54) is 30.3 Å². The van der Waals surface area contributed by atoms with E-state index in [0.717, 1.165) is 27.8 Å². The normalized spacial score (nSPS) is 13.6. The Morgan fingerprint density at radius 2 is 1.26 bits per heavy atom. The molecule has 5 aromatic carbocycles. The lowest BCUT2D eigenvalue weighted by Gasteiger charge is -2.23. The molecule has 0 radical (unpaired) electrons. The van der Waals surface area contributed by atoms with Crippen molar-refractivity contribution >= 4 is 22.1 Å². The first-order valence-electron chi connectivity index (χ1n) is 14.7. The molecule has 232 valence electrons. The molecule has 0 bridgehead atoms. The molecular weight excluding hydrogens is 602 g/mol. The molecule has 0 fully saturated rings. The van der Waals surface area contributed by atoms with Crippen LogP contribution in [0.1, 0.15) is 34.1 Å². The van der Waals surface area contributed by atoms with Gasteiger partial charge in [0, 0.05) is 5.92 Å². The summed E-state index contributed by atoms with van der Waals surface area (Å²) in [5, 5.41) is 0. The maximum Gasteiger partial charge on any atom is 0.339 e. The molecule has 1 aliphatic carbocycles. The van der Waals surface area contributed by atoms with Crippen LogP contribution < -0.4 is 9.92 Å². The smallest absolute Gasteiger partial charge is 0.339 e. The topological polar surface area (TPSA) is 122 Å². The van der Waals surface area contributed by atoms with E-state index in [9.17, 15) is 18.0 Å². The van der Waals surface area contributed by atoms with Gasteiger partial charge in [0.15, 0.2) is 0 Å². The number of fused-ring (bicyclic) bond motifs is 3. The van der Waals surface area contributed by atoms with Gasteiger partial charge in [0.05, 0.1) is 0 Å². The van der Waals surface area contributed by atoms with Crippen molar-refractivity contribution in [2.24, 2.45) is 5.73 Å². The number of ether oxygens (including phenoxy) is 2. The van der Waals surface area contributed by atoms with Gasteiger partial charge in [-0.3, -0.25) is 9.59 Å². The van der Waals surface area contributed by atoms with Crippen LogP contribution in [-0.2, 0) is 35.8 Å². The number of carbonyl (C=O) groups is 2. The van der Waals surface area contributed by atoms with E-state index in [0.29, 0.717) is 0 Å². The van der Waals surface area contributed by atoms with E-state index in [1.54, 1.807) is 36.4 Å². The van der Waals surface area contributed by atoms with E-state index in [1.807, 2.05) is 66.7 Å². The largest absolute Gasteiger partial charge is 0.463 e. The molecule has 0 amide bonds. The SMILES string of the molecule is NC(C(=O)OCC1c2ccccc2-c2ccccc21)C(C(=O)OCc1ccccc1)c1cccc(OS(=O)(=O)c2ccccc2)c1. The third kappa shape index (κ3) is 6.56. The molecule has 8 nitrogen and oxygen atoms in total. The number of nitrogens with two attached hydrogens (primary N) is 1. The Morgan fingerprint density at radius 1 is 0.674 bits per heavy atom. The van der Waals surface area contributed by atoms with Crippen LogP contribution in [0.3, 0.4) is 0 Å². The van der Waals surface area contributed by atoms with E-state index < -0.39 is 34.0 Å². The fourth-order valence-corrected chi connectivity index (χ4v) is 6.61. The van der Waals surface area contributed by atoms with Gasteiger partial charge in [-0.25, -0.2) is 0 Å². The molecule has 0 spiro atoms. The summed E-state index contributed by atoms with van der Waals surface area (Å²) in [7, 11) is -4.16. The zero-order chi connectivity index (χ0) is 32.1. The first kappa shape index (κ1) is 30.8. The maximum atomic E-state index is 13.6. The van der Waals surface area contributed by atoms with Crippen LogP contribution in [-0.4, -0.2) is 33.0 Å². The van der Waals surface area contributed by atoms with Crippen molar-refractivity contribution < 1.29 is 31.7 Å². The lowest BCUT2D eigenvalue weighted by Crippen LogP contribution is -2.42. The molecule has 2 unspecified atom stereocenters. The molecule has 5 aromatic rings. The predicted molar refractivity (Wildman–Crippen MR) is 172 cm³/mol. The van der Waals surface area contributed by atoms with Gasteiger partial charge in [0.2, 0.25) is 0 Å². The zero-order valence-corrected chi connectivity index (χ0v) is 25.5. The van der Waals surface area contributed by atoms with Gasteiger partial charge in [-0.1, -0.05) is 109 Å². The standard InChI is InChI=1S/C37H31NO7S/c38-35(37(40)44-24-33-31-20-9-7-18-29(31)30-19-8-10-21-32(30)33)34(36(39)43-23-25-12-3-1-4-13-25)26-14-11-15-27(22-26)45-46(41,42)28-16-5-2-6-17-28/h1-22,33-35H,23-24,38H2. The summed E-state index contributed by atoms with van der Waals surface area (Å²) in [5.41, 5.74) is 11.7. The van der Waals surface area contributed by atoms with Crippen molar-refractivity contribution in [3.05, 3.63) is 156 Å². The highest BCUT2D eigenvalue weighted by molar-refractivity contribution is 7.87. The molecule has 2 N–H and O–H groups in total. The van der Waals surface area contributed by atoms with Gasteiger partial charge < -0.3 is 19.4 Å². The monoisotopic (exact) mass is 633 g/mol. The van der Waals surface area contributed by atoms with Gasteiger partial charge >= 0.3 is 22.1 Å². The summed E-state index contributed by atoms with van der Waals surface area (Å²) in [4.78, 5) is 27.1. The summed E-state index contributed by atoms with van der Waals surface area (Å²) in [5.74, 6) is -3.14. The van der Waals surface area contributed by atoms with E-state index in [-0.39, 0.29) is 35.3 Å². The number of esters is 2. The highest BCUT2D eigenvalue weighted by Gasteiger charge is 2.37. The second-order valence-corrected chi connectivity index (χ2v) is 12.4. The predicted octanol–water partition coefficient (Wildman–Crippen LogP) is 5.96. The third-order valence-electron chi connectivity index (χ3n) is 7.92. The van der Waals surface area contributed by atoms with Gasteiger partial charge in [0.1, 0.15) is 35.8 Å². The molecule has 1 aliphatic rings. The first-order valence-corrected chi connectivity index (χ1v) is 16.1. The molecule has 2 atom stereocenters. The van der Waals surface area contributed by atoms with Crippen LogP contribution in [0, 0.1) is 0 Å². The highest BCUT2D eigenvalue weighted by Crippen LogP contribution is 2.44. The Balaban J connectivity index is 1.25. The van der Waals surface area contributed by atoms with Gasteiger partial charge in [-0.15, -0.1) is 0 Å². The molecule has 46 heavy (non-hydrogen) atoms. The second kappa shape index (κ2) is 13.4. The van der Waals surface area contributed by atoms with Crippen molar-refractivity contribution in [2.45, 2.75) is 29.4 Å². The quantitative estimate of drug-likeness (QED) is 0.140. The first-order chi connectivity index (χ1) is 22.3. The molecule has 0 aliphatic heterocycles. The molecular formula is C37H31NO7S. The second-order valence-electron chi connectivity index (χ2n) is 10.9. The van der Waals surface area contributed by atoms with Crippen molar-refractivity contribution in [3.8, 4) is 16.9 Å². The van der Waals surface area contributed by atoms with E-state index in [2.05, 4.69) is 0 Å². The summed E-state index contributed by atoms with van der Waals surface area (Å²) in [6.45, 7) is -0.0308. The number of hydrogen-bond acceptors (Lipinski definition) is 8. The average Bonchev–Trinajstić information content (AvgIpc) is 3.40. The minimum Gasteiger partial charge on any atom is -0.463 e. The zero-order valence-electron chi connectivity index (χ0n) is 24.7. The van der Waals surface area contributed by atoms with Gasteiger partial charge in [-0.05, 0) is 57.6 Å². The number of rotatable bonds is 11. The Labute approximate surface area is 267 Å². The van der Waals surface area contributed by atoms with Crippen molar-refractivity contribution in [1.29, 1.82) is 0 Å². The minimum absolute atomic E-state index is 0.0187. The van der Waals surface area contributed by atoms with Crippen LogP contribution in [0.4, 0.5) is 0 Å². The van der Waals surface area contributed by atoms with Crippen LogP contribution in [0.15, 0.2) is 138 Å². The molecule has 9 heteroatoms. The summed E-state index contributed by atoms with van der Waals surface area (Å²) in [6, 6.07) is 37.1. The molecule has 0 heterocycles.